The largest absolute Gasteiger partial charge is 0.491 e. The zero-order valence-corrected chi connectivity index (χ0v) is 9.43. The van der Waals surface area contributed by atoms with Crippen LogP contribution in [0.2, 0.25) is 0 Å². The van der Waals surface area contributed by atoms with Gasteiger partial charge < -0.3 is 10.1 Å². The second kappa shape index (κ2) is 2.98. The molecule has 0 radical (unpaired) electrons. The van der Waals surface area contributed by atoms with Gasteiger partial charge in [-0.05, 0) is 11.1 Å². The summed E-state index contributed by atoms with van der Waals surface area (Å²) in [7, 11) is 0. The Balaban J connectivity index is 1.91. The molecule has 3 nitrogen and oxygen atoms in total. The van der Waals surface area contributed by atoms with Gasteiger partial charge in [-0.1, -0.05) is 12.1 Å². The van der Waals surface area contributed by atoms with E-state index in [1.54, 1.807) is 11.3 Å². The van der Waals surface area contributed by atoms with E-state index in [4.69, 9.17) is 4.74 Å². The van der Waals surface area contributed by atoms with Crippen LogP contribution in [0.15, 0.2) is 17.6 Å². The van der Waals surface area contributed by atoms with Gasteiger partial charge in [0.25, 0.3) is 0 Å². The lowest BCUT2D eigenvalue weighted by Crippen LogP contribution is -2.06. The molecule has 0 atom stereocenters. The van der Waals surface area contributed by atoms with Crippen molar-refractivity contribution >= 4 is 22.0 Å². The zero-order chi connectivity index (χ0) is 10.5. The Morgan fingerprint density at radius 2 is 2.25 bits per heavy atom. The van der Waals surface area contributed by atoms with E-state index in [0.29, 0.717) is 0 Å². The normalized spacial score (nSPS) is 15.8. The summed E-state index contributed by atoms with van der Waals surface area (Å²) in [6.45, 7) is 0.809. The van der Waals surface area contributed by atoms with Crippen LogP contribution in [0.4, 0.5) is 10.7 Å². The average molecular weight is 230 g/mol. The van der Waals surface area contributed by atoms with Crippen LogP contribution in [-0.2, 0) is 12.8 Å². The third-order valence-electron chi connectivity index (χ3n) is 3.18. The molecule has 2 aliphatic rings. The molecule has 0 bridgehead atoms. The third kappa shape index (κ3) is 1.05. The first-order valence-electron chi connectivity index (χ1n) is 5.39. The number of thiazole rings is 1. The van der Waals surface area contributed by atoms with Gasteiger partial charge >= 0.3 is 0 Å². The fraction of sp³-hybridized carbons (Fsp3) is 0.250. The molecular formula is C12H10N2OS. The molecule has 2 aromatic rings. The van der Waals surface area contributed by atoms with Crippen LogP contribution in [0.1, 0.15) is 16.8 Å². The number of benzene rings is 1. The van der Waals surface area contributed by atoms with Crippen molar-refractivity contribution in [3.05, 3.63) is 34.5 Å². The summed E-state index contributed by atoms with van der Waals surface area (Å²) in [6.07, 6.45) is 1.94. The highest BCUT2D eigenvalue weighted by atomic mass is 32.1. The number of hydrogen-bond acceptors (Lipinski definition) is 4. The lowest BCUT2D eigenvalue weighted by atomic mass is 10.0. The van der Waals surface area contributed by atoms with Crippen LogP contribution in [0, 0.1) is 0 Å². The number of nitrogens with zero attached hydrogens (tertiary/aromatic N) is 1. The molecule has 0 fully saturated rings. The zero-order valence-electron chi connectivity index (χ0n) is 8.62. The first-order valence-corrected chi connectivity index (χ1v) is 6.27. The fourth-order valence-electron chi connectivity index (χ4n) is 2.37. The van der Waals surface area contributed by atoms with Crippen LogP contribution in [0.5, 0.6) is 5.75 Å². The summed E-state index contributed by atoms with van der Waals surface area (Å²) in [6, 6.07) is 4.37. The van der Waals surface area contributed by atoms with E-state index >= 15 is 0 Å². The minimum atomic E-state index is 0.809. The molecule has 1 aromatic heterocycles. The van der Waals surface area contributed by atoms with Crippen molar-refractivity contribution in [2.75, 3.05) is 11.9 Å². The van der Waals surface area contributed by atoms with E-state index in [-0.39, 0.29) is 0 Å². The highest BCUT2D eigenvalue weighted by Gasteiger charge is 2.24. The molecule has 0 amide bonds. The summed E-state index contributed by atoms with van der Waals surface area (Å²) < 4.78 is 5.71. The Bertz CT molecular complexity index is 576. The van der Waals surface area contributed by atoms with Crippen LogP contribution in [-0.4, -0.2) is 11.6 Å². The maximum Gasteiger partial charge on any atom is 0.146 e. The predicted molar refractivity (Wildman–Crippen MR) is 63.8 cm³/mol. The van der Waals surface area contributed by atoms with Crippen molar-refractivity contribution in [2.24, 2.45) is 0 Å². The highest BCUT2D eigenvalue weighted by Crippen LogP contribution is 2.43. The minimum Gasteiger partial charge on any atom is -0.491 e. The number of rotatable bonds is 0. The Hall–Kier alpha value is -1.55. The molecule has 80 valence electrons. The van der Waals surface area contributed by atoms with Gasteiger partial charge in [-0.15, -0.1) is 11.3 Å². The van der Waals surface area contributed by atoms with Gasteiger partial charge in [0.2, 0.25) is 0 Å². The lowest BCUT2D eigenvalue weighted by molar-refractivity contribution is 0.358. The molecule has 16 heavy (non-hydrogen) atoms. The van der Waals surface area contributed by atoms with Gasteiger partial charge in [-0.2, -0.15) is 0 Å². The summed E-state index contributed by atoms with van der Waals surface area (Å²) in [4.78, 5) is 4.36. The number of fused-ring (bicyclic) bond motifs is 4. The molecule has 2 aliphatic heterocycles. The number of nitrogens with one attached hydrogen (secondary N) is 1. The molecule has 4 rings (SSSR count). The van der Waals surface area contributed by atoms with E-state index in [1.165, 1.54) is 11.1 Å². The van der Waals surface area contributed by atoms with Crippen molar-refractivity contribution < 1.29 is 4.74 Å². The molecular weight excluding hydrogens is 220 g/mol. The third-order valence-corrected chi connectivity index (χ3v) is 3.97. The smallest absolute Gasteiger partial charge is 0.146 e. The Morgan fingerprint density at radius 1 is 1.31 bits per heavy atom. The second-order valence-corrected chi connectivity index (χ2v) is 4.97. The van der Waals surface area contributed by atoms with Crippen molar-refractivity contribution in [1.82, 2.24) is 4.98 Å². The van der Waals surface area contributed by atoms with Gasteiger partial charge in [-0.3, -0.25) is 0 Å². The minimum absolute atomic E-state index is 0.809. The molecule has 1 aromatic carbocycles. The quantitative estimate of drug-likeness (QED) is 0.644. The van der Waals surface area contributed by atoms with Crippen LogP contribution in [0.3, 0.4) is 0 Å². The Kier molecular flexibility index (Phi) is 1.60. The predicted octanol–water partition coefficient (Wildman–Crippen LogP) is 2.73. The SMILES string of the molecule is c1nc2c(s1)Nc1c(ccc3c1OCC3)C2. The van der Waals surface area contributed by atoms with E-state index in [2.05, 4.69) is 22.4 Å². The molecule has 0 aliphatic carbocycles. The monoisotopic (exact) mass is 230 g/mol. The molecule has 0 spiro atoms. The standard InChI is InChI=1S/C12H10N2OS/c1-2-8-5-9-12(16-6-13-9)14-10(8)11-7(1)3-4-15-11/h1-2,6,14H,3-5H2. The van der Waals surface area contributed by atoms with Crippen LogP contribution < -0.4 is 10.1 Å². The lowest BCUT2D eigenvalue weighted by Gasteiger charge is -2.19. The fourth-order valence-corrected chi connectivity index (χ4v) is 3.07. The second-order valence-electron chi connectivity index (χ2n) is 4.12. The molecule has 0 unspecified atom stereocenters. The van der Waals surface area contributed by atoms with E-state index < -0.39 is 0 Å². The molecule has 3 heterocycles. The van der Waals surface area contributed by atoms with Gasteiger partial charge in [0.1, 0.15) is 10.8 Å². The van der Waals surface area contributed by atoms with Crippen LogP contribution >= 0.6 is 11.3 Å². The van der Waals surface area contributed by atoms with Crippen LogP contribution in [0.25, 0.3) is 0 Å². The summed E-state index contributed by atoms with van der Waals surface area (Å²) in [5.41, 5.74) is 6.81. The first-order chi connectivity index (χ1) is 7.92. The maximum atomic E-state index is 5.71. The van der Waals surface area contributed by atoms with Crippen molar-refractivity contribution in [2.45, 2.75) is 12.8 Å². The maximum absolute atomic E-state index is 5.71. The molecule has 1 N–H and O–H groups in total. The van der Waals surface area contributed by atoms with Crippen molar-refractivity contribution in [3.63, 3.8) is 0 Å². The molecule has 0 saturated carbocycles. The van der Waals surface area contributed by atoms with Gasteiger partial charge in [0.15, 0.2) is 0 Å². The Labute approximate surface area is 97.1 Å². The van der Waals surface area contributed by atoms with Gasteiger partial charge in [-0.25, -0.2) is 4.98 Å². The highest BCUT2D eigenvalue weighted by molar-refractivity contribution is 7.14. The first kappa shape index (κ1) is 8.58. The van der Waals surface area contributed by atoms with Gasteiger partial charge in [0, 0.05) is 12.8 Å². The topological polar surface area (TPSA) is 34.2 Å². The summed E-state index contributed by atoms with van der Waals surface area (Å²) in [5, 5.41) is 4.62. The number of anilines is 2. The van der Waals surface area contributed by atoms with Gasteiger partial charge in [0.05, 0.1) is 23.5 Å². The summed E-state index contributed by atoms with van der Waals surface area (Å²) >= 11 is 1.66. The van der Waals surface area contributed by atoms with E-state index in [1.807, 2.05) is 5.51 Å². The van der Waals surface area contributed by atoms with Crippen molar-refractivity contribution in [3.8, 4) is 5.75 Å². The van der Waals surface area contributed by atoms with E-state index in [9.17, 15) is 0 Å². The number of ether oxygens (including phenoxy) is 1. The summed E-state index contributed by atoms with van der Waals surface area (Å²) in [5.74, 6) is 1.05. The average Bonchev–Trinajstić information content (AvgIpc) is 2.94. The Morgan fingerprint density at radius 3 is 3.25 bits per heavy atom. The van der Waals surface area contributed by atoms with Crippen molar-refractivity contribution in [1.29, 1.82) is 0 Å². The molecule has 0 saturated heterocycles. The number of hydrogen-bond donors (Lipinski definition) is 1. The van der Waals surface area contributed by atoms with E-state index in [0.717, 1.165) is 41.6 Å². The molecule has 4 heteroatoms. The number of aromatic nitrogens is 1.